The Balaban J connectivity index is 1.99. The summed E-state index contributed by atoms with van der Waals surface area (Å²) in [6.07, 6.45) is 1.27. The number of ether oxygens (including phenoxy) is 1. The molecule has 2 rings (SSSR count). The number of allylic oxidation sites excluding steroid dienone is 1. The molecule has 1 amide bonds. The lowest BCUT2D eigenvalue weighted by Crippen LogP contribution is -2.46. The number of carbonyl (C=O) groups is 1. The predicted octanol–water partition coefficient (Wildman–Crippen LogP) is 3.18. The van der Waals surface area contributed by atoms with Crippen LogP contribution >= 0.6 is 0 Å². The molecule has 1 aliphatic rings. The zero-order valence-corrected chi connectivity index (χ0v) is 14.5. The van der Waals surface area contributed by atoms with Crippen LogP contribution in [0, 0.1) is 0 Å². The van der Waals surface area contributed by atoms with Crippen molar-refractivity contribution < 1.29 is 22.7 Å². The Morgan fingerprint density at radius 3 is 2.81 bits per heavy atom. The molecule has 1 aliphatic heterocycles. The number of halogens is 3. The molecule has 0 fully saturated rings. The van der Waals surface area contributed by atoms with Crippen LogP contribution in [0.5, 0.6) is 5.88 Å². The number of hydrogen-bond acceptors (Lipinski definition) is 5. The van der Waals surface area contributed by atoms with Gasteiger partial charge in [-0.3, -0.25) is 4.79 Å². The highest BCUT2D eigenvalue weighted by atomic mass is 19.4. The van der Waals surface area contributed by atoms with Gasteiger partial charge in [0.05, 0.1) is 19.1 Å². The first-order valence-electron chi connectivity index (χ1n) is 8.22. The fourth-order valence-electron chi connectivity index (χ4n) is 2.29. The Labute approximate surface area is 149 Å². The Morgan fingerprint density at radius 1 is 1.42 bits per heavy atom. The van der Waals surface area contributed by atoms with Gasteiger partial charge in [0.2, 0.25) is 11.8 Å². The smallest absolute Gasteiger partial charge is 0.392 e. The maximum Gasteiger partial charge on any atom is 0.392 e. The number of aliphatic imine (C=N–C) groups is 1. The van der Waals surface area contributed by atoms with Crippen molar-refractivity contribution in [1.29, 1.82) is 0 Å². The summed E-state index contributed by atoms with van der Waals surface area (Å²) in [4.78, 5) is 21.8. The van der Waals surface area contributed by atoms with E-state index in [1.807, 2.05) is 18.0 Å². The van der Waals surface area contributed by atoms with Crippen LogP contribution in [0.4, 0.5) is 13.2 Å². The molecule has 142 valence electrons. The molecule has 0 radical (unpaired) electrons. The molecule has 0 saturated heterocycles. The first-order valence-corrected chi connectivity index (χ1v) is 8.22. The van der Waals surface area contributed by atoms with E-state index in [9.17, 15) is 18.0 Å². The van der Waals surface area contributed by atoms with Gasteiger partial charge in [-0.1, -0.05) is 13.0 Å². The highest BCUT2D eigenvalue weighted by Crippen LogP contribution is 2.25. The summed E-state index contributed by atoms with van der Waals surface area (Å²) >= 11 is 0. The second-order valence-corrected chi connectivity index (χ2v) is 5.70. The number of nitrogens with zero attached hydrogens (tertiary/aromatic N) is 3. The minimum Gasteiger partial charge on any atom is -0.477 e. The molecule has 2 heterocycles. The molecule has 2 atom stereocenters. The Morgan fingerprint density at radius 2 is 2.19 bits per heavy atom. The molecule has 26 heavy (non-hydrogen) atoms. The molecule has 1 aromatic heterocycles. The maximum absolute atomic E-state index is 12.1. The van der Waals surface area contributed by atoms with Crippen molar-refractivity contribution in [2.45, 2.75) is 45.2 Å². The molecule has 0 bridgehead atoms. The average molecular weight is 370 g/mol. The second-order valence-electron chi connectivity index (χ2n) is 5.70. The van der Waals surface area contributed by atoms with Gasteiger partial charge in [-0.2, -0.15) is 13.2 Å². The summed E-state index contributed by atoms with van der Waals surface area (Å²) in [5, 5.41) is 2.81. The highest BCUT2D eigenvalue weighted by Gasteiger charge is 2.27. The number of amides is 1. The number of nitrogens with one attached hydrogen (secondary N) is 1. The van der Waals surface area contributed by atoms with Crippen LogP contribution in [0.2, 0.25) is 0 Å². The van der Waals surface area contributed by atoms with E-state index in [1.165, 1.54) is 6.07 Å². The van der Waals surface area contributed by atoms with Crippen LogP contribution in [-0.4, -0.2) is 41.1 Å². The van der Waals surface area contributed by atoms with Gasteiger partial charge in [-0.25, -0.2) is 9.98 Å². The van der Waals surface area contributed by atoms with Gasteiger partial charge < -0.3 is 15.0 Å². The normalized spacial score (nSPS) is 17.9. The highest BCUT2D eigenvalue weighted by molar-refractivity contribution is 5.77. The van der Waals surface area contributed by atoms with Crippen LogP contribution in [0.3, 0.4) is 0 Å². The largest absolute Gasteiger partial charge is 0.477 e. The van der Waals surface area contributed by atoms with Gasteiger partial charge in [0, 0.05) is 31.1 Å². The molecule has 6 nitrogen and oxygen atoms in total. The van der Waals surface area contributed by atoms with Crippen molar-refractivity contribution in [1.82, 2.24) is 15.2 Å². The molecule has 0 aromatic carbocycles. The summed E-state index contributed by atoms with van der Waals surface area (Å²) in [6, 6.07) is 3.09. The number of carbonyl (C=O) groups excluding carboxylic acids is 1. The summed E-state index contributed by atoms with van der Waals surface area (Å²) in [7, 11) is 0. The van der Waals surface area contributed by atoms with Crippen molar-refractivity contribution in [2.75, 3.05) is 6.61 Å². The number of pyridine rings is 1. The summed E-state index contributed by atoms with van der Waals surface area (Å²) < 4.78 is 41.4. The quantitative estimate of drug-likeness (QED) is 0.801. The minimum atomic E-state index is -4.26. The lowest BCUT2D eigenvalue weighted by atomic mass is 10.1. The average Bonchev–Trinajstić information content (AvgIpc) is 2.61. The molecule has 1 aromatic rings. The van der Waals surface area contributed by atoms with E-state index in [-0.39, 0.29) is 17.8 Å². The van der Waals surface area contributed by atoms with Gasteiger partial charge in [0.1, 0.15) is 0 Å². The van der Waals surface area contributed by atoms with Crippen molar-refractivity contribution in [3.63, 3.8) is 0 Å². The van der Waals surface area contributed by atoms with E-state index < -0.39 is 25.5 Å². The summed E-state index contributed by atoms with van der Waals surface area (Å²) in [5.41, 5.74) is 0.811. The van der Waals surface area contributed by atoms with Gasteiger partial charge >= 0.3 is 6.18 Å². The number of hydrogen-bond donors (Lipinski definition) is 1. The number of aromatic nitrogens is 1. The zero-order valence-electron chi connectivity index (χ0n) is 14.5. The number of rotatable bonds is 7. The summed E-state index contributed by atoms with van der Waals surface area (Å²) in [5.74, 6) is 0.0134. The van der Waals surface area contributed by atoms with Gasteiger partial charge in [0.25, 0.3) is 0 Å². The Bertz CT molecular complexity index is 659. The van der Waals surface area contributed by atoms with Crippen molar-refractivity contribution in [3.05, 3.63) is 36.2 Å². The molecule has 2 unspecified atom stereocenters. The van der Waals surface area contributed by atoms with Crippen molar-refractivity contribution in [3.8, 4) is 5.88 Å². The van der Waals surface area contributed by atoms with Crippen LogP contribution < -0.4 is 10.1 Å². The van der Waals surface area contributed by atoms with Crippen LogP contribution in [0.1, 0.15) is 38.3 Å². The standard InChI is InChI=1S/C17H21F3N4O2/c1-3-14(25)23-16-21-8-4-9-24(16)12(2)13-5-6-15(22-11-13)26-10-7-17(18,19)20/h4-6,8-9,11-12,16H,3,7,10H2,1-2H3,(H,23,25). The molecule has 1 N–H and O–H groups in total. The third kappa shape index (κ3) is 5.75. The van der Waals surface area contributed by atoms with Crippen LogP contribution in [0.25, 0.3) is 0 Å². The Kier molecular flexibility index (Phi) is 6.59. The van der Waals surface area contributed by atoms with Crippen LogP contribution in [-0.2, 0) is 4.79 Å². The predicted molar refractivity (Wildman–Crippen MR) is 90.5 cm³/mol. The molecular weight excluding hydrogens is 349 g/mol. The van der Waals surface area contributed by atoms with E-state index in [4.69, 9.17) is 4.74 Å². The first kappa shape index (κ1) is 19.7. The van der Waals surface area contributed by atoms with Gasteiger partial charge in [0.15, 0.2) is 6.29 Å². The number of alkyl halides is 3. The molecule has 0 spiro atoms. The first-order chi connectivity index (χ1) is 12.3. The van der Waals surface area contributed by atoms with E-state index in [2.05, 4.69) is 15.3 Å². The molecule has 9 heteroatoms. The van der Waals surface area contributed by atoms with Crippen molar-refractivity contribution >= 4 is 12.1 Å². The second kappa shape index (κ2) is 8.68. The topological polar surface area (TPSA) is 66.8 Å². The van der Waals surface area contributed by atoms with E-state index in [0.717, 1.165) is 5.56 Å². The fraction of sp³-hybridized carbons (Fsp3) is 0.471. The van der Waals surface area contributed by atoms with Gasteiger partial charge in [-0.05, 0) is 18.6 Å². The lowest BCUT2D eigenvalue weighted by molar-refractivity contribution is -0.139. The molecule has 0 saturated carbocycles. The van der Waals surface area contributed by atoms with E-state index in [0.29, 0.717) is 6.42 Å². The van der Waals surface area contributed by atoms with E-state index in [1.54, 1.807) is 31.5 Å². The van der Waals surface area contributed by atoms with E-state index >= 15 is 0 Å². The maximum atomic E-state index is 12.1. The van der Waals surface area contributed by atoms with Crippen molar-refractivity contribution in [2.24, 2.45) is 4.99 Å². The SMILES string of the molecule is CCC(=O)NC1N=CC=CN1C(C)c1ccc(OCCC(F)(F)F)nc1. The zero-order chi connectivity index (χ0) is 19.2. The monoisotopic (exact) mass is 370 g/mol. The van der Waals surface area contributed by atoms with Crippen LogP contribution in [0.15, 0.2) is 35.6 Å². The lowest BCUT2D eigenvalue weighted by Gasteiger charge is -2.35. The minimum absolute atomic E-state index is 0.119. The van der Waals surface area contributed by atoms with Gasteiger partial charge in [-0.15, -0.1) is 0 Å². The Hall–Kier alpha value is -2.58. The fourth-order valence-corrected chi connectivity index (χ4v) is 2.29. The third-order valence-electron chi connectivity index (χ3n) is 3.79. The third-order valence-corrected chi connectivity index (χ3v) is 3.79. The summed E-state index contributed by atoms with van der Waals surface area (Å²) in [6.45, 7) is 3.20. The molecular formula is C17H21F3N4O2. The molecule has 0 aliphatic carbocycles.